The van der Waals surface area contributed by atoms with Crippen molar-refractivity contribution in [1.82, 2.24) is 5.01 Å². The molecule has 2 heterocycles. The highest BCUT2D eigenvalue weighted by molar-refractivity contribution is 6.36. The molecule has 0 bridgehead atoms. The number of allylic oxidation sites excluding steroid dienone is 3. The van der Waals surface area contributed by atoms with Crippen molar-refractivity contribution >= 4 is 64.3 Å². The van der Waals surface area contributed by atoms with Gasteiger partial charge < -0.3 is 9.84 Å². The normalized spacial score (nSPS) is 25.6. The van der Waals surface area contributed by atoms with E-state index in [-0.39, 0.29) is 41.1 Å². The molecule has 4 amide bonds. The lowest BCUT2D eigenvalue weighted by Crippen LogP contribution is -2.53. The fraction of sp³-hybridized carbons (Fsp3) is 0.227. The van der Waals surface area contributed by atoms with E-state index in [0.717, 1.165) is 16.1 Å². The van der Waals surface area contributed by atoms with Crippen LogP contribution in [0.3, 0.4) is 0 Å². The second kappa shape index (κ2) is 13.9. The Hall–Kier alpha value is -5.64. The zero-order valence-electron chi connectivity index (χ0n) is 29.9. The van der Waals surface area contributed by atoms with Crippen molar-refractivity contribution in [2.45, 2.75) is 30.6 Å². The van der Waals surface area contributed by atoms with Gasteiger partial charge in [0.1, 0.15) is 11.5 Å². The molecule has 9 nitrogen and oxygen atoms in total. The lowest BCUT2D eigenvalue weighted by molar-refractivity contribution is -0.138. The molecule has 4 aromatic carbocycles. The number of phenolic OH excluding ortho intramolecular Hbond substituents is 1. The number of hydrogen-bond donors (Lipinski definition) is 2. The Labute approximate surface area is 328 Å². The average molecular weight is 775 g/mol. The van der Waals surface area contributed by atoms with Crippen molar-refractivity contribution in [2.24, 2.45) is 23.7 Å². The zero-order valence-corrected chi connectivity index (χ0v) is 31.4. The number of imide groups is 2. The molecule has 278 valence electrons. The van der Waals surface area contributed by atoms with E-state index in [2.05, 4.69) is 18.6 Å². The van der Waals surface area contributed by atoms with Gasteiger partial charge >= 0.3 is 0 Å². The molecule has 4 aromatic rings. The van der Waals surface area contributed by atoms with Crippen molar-refractivity contribution in [3.05, 3.63) is 148 Å². The van der Waals surface area contributed by atoms with Crippen LogP contribution < -0.4 is 15.1 Å². The van der Waals surface area contributed by atoms with Gasteiger partial charge in [-0.25, -0.2) is 0 Å². The Bertz CT molecular complexity index is 2320. The minimum atomic E-state index is -1.61. The summed E-state index contributed by atoms with van der Waals surface area (Å²) in [6.45, 7) is 7.67. The molecule has 2 aliphatic heterocycles. The van der Waals surface area contributed by atoms with Crippen LogP contribution in [0, 0.1) is 23.7 Å². The summed E-state index contributed by atoms with van der Waals surface area (Å²) in [6, 6.07) is 24.1. The molecule has 0 aromatic heterocycles. The van der Waals surface area contributed by atoms with Crippen molar-refractivity contribution < 1.29 is 29.0 Å². The molecular formula is C44H37Cl2N3O6. The Kier molecular flexibility index (Phi) is 9.18. The number of carbonyl (C=O) groups excluding carboxylic acids is 4. The maximum absolute atomic E-state index is 15.5. The first kappa shape index (κ1) is 36.3. The fourth-order valence-electron chi connectivity index (χ4n) is 9.37. The number of aromatic hydroxyl groups is 1. The number of fused-ring (bicyclic) bond motifs is 4. The van der Waals surface area contributed by atoms with Gasteiger partial charge in [0.25, 0.3) is 11.8 Å². The van der Waals surface area contributed by atoms with Crippen LogP contribution in [0.4, 0.5) is 11.4 Å². The number of carbonyl (C=O) groups is 4. The predicted octanol–water partition coefficient (Wildman–Crippen LogP) is 8.27. The summed E-state index contributed by atoms with van der Waals surface area (Å²) in [6.07, 6.45) is 5.99. The number of methoxy groups -OCH3 is 1. The molecule has 0 radical (unpaired) electrons. The second-order valence-electron chi connectivity index (χ2n) is 14.4. The van der Waals surface area contributed by atoms with Crippen LogP contribution in [-0.4, -0.2) is 40.9 Å². The Morgan fingerprint density at radius 3 is 2.35 bits per heavy atom. The molecule has 6 unspecified atom stereocenters. The van der Waals surface area contributed by atoms with Crippen LogP contribution in [0.1, 0.15) is 41.0 Å². The van der Waals surface area contributed by atoms with Crippen molar-refractivity contribution in [3.63, 3.8) is 0 Å². The van der Waals surface area contributed by atoms with Crippen LogP contribution in [-0.2, 0) is 31.0 Å². The molecule has 0 spiro atoms. The minimum absolute atomic E-state index is 0.0344. The number of halogens is 2. The molecular weight excluding hydrogens is 737 g/mol. The summed E-state index contributed by atoms with van der Waals surface area (Å²) >= 11 is 12.8. The molecule has 2 N–H and O–H groups in total. The van der Waals surface area contributed by atoms with Crippen LogP contribution in [0.2, 0.25) is 10.0 Å². The van der Waals surface area contributed by atoms with Gasteiger partial charge in [-0.15, -0.1) is 6.58 Å². The van der Waals surface area contributed by atoms with Crippen LogP contribution >= 0.6 is 23.2 Å². The van der Waals surface area contributed by atoms with Gasteiger partial charge in [0.2, 0.25) is 11.8 Å². The maximum atomic E-state index is 15.5. The van der Waals surface area contributed by atoms with Gasteiger partial charge in [-0.3, -0.25) is 29.5 Å². The molecule has 6 atom stereocenters. The first-order chi connectivity index (χ1) is 26.5. The molecule has 3 fully saturated rings. The van der Waals surface area contributed by atoms with Gasteiger partial charge in [0.15, 0.2) is 0 Å². The molecule has 2 aliphatic carbocycles. The molecule has 4 aliphatic rings. The number of hydrazine groups is 1. The zero-order chi connectivity index (χ0) is 38.8. The third-order valence-electron chi connectivity index (χ3n) is 11.8. The highest BCUT2D eigenvalue weighted by Gasteiger charge is 2.70. The lowest BCUT2D eigenvalue weighted by Gasteiger charge is -2.50. The van der Waals surface area contributed by atoms with Gasteiger partial charge in [0, 0.05) is 16.5 Å². The van der Waals surface area contributed by atoms with E-state index in [0.29, 0.717) is 39.6 Å². The molecule has 2 saturated heterocycles. The third kappa shape index (κ3) is 5.51. The Morgan fingerprint density at radius 2 is 1.67 bits per heavy atom. The highest BCUT2D eigenvalue weighted by Crippen LogP contribution is 2.65. The van der Waals surface area contributed by atoms with E-state index >= 15 is 9.59 Å². The van der Waals surface area contributed by atoms with Gasteiger partial charge in [-0.05, 0) is 84.3 Å². The first-order valence-corrected chi connectivity index (χ1v) is 18.8. The predicted molar refractivity (Wildman–Crippen MR) is 212 cm³/mol. The van der Waals surface area contributed by atoms with Crippen LogP contribution in [0.5, 0.6) is 11.5 Å². The largest absolute Gasteiger partial charge is 0.507 e. The topological polar surface area (TPSA) is 116 Å². The number of hydrogen-bond acceptors (Lipinski definition) is 7. The van der Waals surface area contributed by atoms with E-state index in [1.165, 1.54) is 11.0 Å². The molecule has 11 heteroatoms. The van der Waals surface area contributed by atoms with Gasteiger partial charge in [-0.1, -0.05) is 96.0 Å². The van der Waals surface area contributed by atoms with E-state index in [1.54, 1.807) is 92.1 Å². The maximum Gasteiger partial charge on any atom is 0.260 e. The Balaban J connectivity index is 1.34. The monoisotopic (exact) mass is 773 g/mol. The number of rotatable bonds is 9. The number of nitrogens with zero attached hydrogens (tertiary/aromatic N) is 2. The number of nitrogens with one attached hydrogen (secondary N) is 1. The summed E-state index contributed by atoms with van der Waals surface area (Å²) < 4.78 is 5.48. The van der Waals surface area contributed by atoms with E-state index < -0.39 is 46.8 Å². The second-order valence-corrected chi connectivity index (χ2v) is 15.2. The SMILES string of the molecule is C=CCc1cccc(C2C3=CCC4C(=O)N(c5ccc(C=C)cc5)C(=O)C4C3CC3C(=O)N(Nc4ccc(Cl)cc4Cl)C(=O)C32c2ccc(OC)cc2)c1O. The summed E-state index contributed by atoms with van der Waals surface area (Å²) in [5, 5.41) is 13.6. The first-order valence-electron chi connectivity index (χ1n) is 18.0. The number of benzene rings is 4. The average Bonchev–Trinajstić information content (AvgIpc) is 3.57. The summed E-state index contributed by atoms with van der Waals surface area (Å²) in [4.78, 5) is 60.5. The smallest absolute Gasteiger partial charge is 0.260 e. The number of anilines is 2. The number of ether oxygens (including phenoxy) is 1. The van der Waals surface area contributed by atoms with Crippen LogP contribution in [0.15, 0.2) is 116 Å². The minimum Gasteiger partial charge on any atom is -0.507 e. The van der Waals surface area contributed by atoms with E-state index in [4.69, 9.17) is 27.9 Å². The molecule has 8 rings (SSSR count). The van der Waals surface area contributed by atoms with Gasteiger partial charge in [-0.2, -0.15) is 5.01 Å². The summed E-state index contributed by atoms with van der Waals surface area (Å²) in [7, 11) is 1.54. The standard InChI is InChI=1S/C44H37Cl2N3O6/c1-4-7-25-8-6-9-32(39(25)50)38-30-19-20-31-37(42(53)48(40(31)51)28-15-10-24(5-2)11-16-28)33(30)23-34-41(52)49(47-36-21-14-27(45)22-35(36)46)43(54)44(34,38)26-12-17-29(55-3)18-13-26/h4-6,8-19,21-22,31,33-34,37-38,47,50H,1-2,7,20,23H2,3H3. The fourth-order valence-corrected chi connectivity index (χ4v) is 9.82. The van der Waals surface area contributed by atoms with E-state index in [9.17, 15) is 14.7 Å². The Morgan fingerprint density at radius 1 is 0.927 bits per heavy atom. The molecule has 55 heavy (non-hydrogen) atoms. The van der Waals surface area contributed by atoms with Crippen molar-refractivity contribution in [3.8, 4) is 11.5 Å². The number of para-hydroxylation sites is 1. The van der Waals surface area contributed by atoms with Gasteiger partial charge in [0.05, 0.1) is 46.7 Å². The lowest BCUT2D eigenvalue weighted by atomic mass is 9.49. The van der Waals surface area contributed by atoms with Crippen molar-refractivity contribution in [1.29, 1.82) is 0 Å². The van der Waals surface area contributed by atoms with E-state index in [1.807, 2.05) is 12.1 Å². The van der Waals surface area contributed by atoms with Crippen molar-refractivity contribution in [2.75, 3.05) is 17.4 Å². The highest BCUT2D eigenvalue weighted by atomic mass is 35.5. The van der Waals surface area contributed by atoms with Crippen LogP contribution in [0.25, 0.3) is 6.08 Å². The quantitative estimate of drug-likeness (QED) is 0.130. The summed E-state index contributed by atoms with van der Waals surface area (Å²) in [5.74, 6) is -5.32. The molecule has 1 saturated carbocycles. The third-order valence-corrected chi connectivity index (χ3v) is 12.3. The number of amides is 4. The summed E-state index contributed by atoms with van der Waals surface area (Å²) in [5.41, 5.74) is 5.23. The number of phenols is 1.